The molecule has 0 aliphatic carbocycles. The molecule has 0 N–H and O–H groups in total. The fraction of sp³-hybridized carbons (Fsp3) is 0. The zero-order valence-electron chi connectivity index (χ0n) is 41.5. The number of hydrogen-bond acceptors (Lipinski definition) is 3. The molecule has 0 spiro atoms. The van der Waals surface area contributed by atoms with E-state index in [0.29, 0.717) is 0 Å². The van der Waals surface area contributed by atoms with Crippen LogP contribution in [0.3, 0.4) is 0 Å². The standard InChI is InChI=1S/C72H49N3O/c1-6-24-52(25-7-1)69-63-49-68-64(70(53-26-8-2-9-27-53)72(76-68)55-42-46-60(47-43-55)74(57-32-12-4-13-33-57)66-39-21-29-51-23-17-19-37-62(51)66)48-67(63)75(58-34-14-5-15-35-58)71(69)54-40-44-59(45-41-54)73(56-30-10-3-11-31-56)65-38-20-28-50-22-16-18-36-61(50)65/h1-49H. The molecule has 0 atom stereocenters. The number of fused-ring (bicyclic) bond motifs is 4. The highest BCUT2D eigenvalue weighted by Gasteiger charge is 2.27. The summed E-state index contributed by atoms with van der Waals surface area (Å²) in [4.78, 5) is 4.71. The van der Waals surface area contributed by atoms with Crippen LogP contribution >= 0.6 is 0 Å². The van der Waals surface area contributed by atoms with Crippen LogP contribution in [-0.4, -0.2) is 4.57 Å². The van der Waals surface area contributed by atoms with Crippen molar-refractivity contribution in [2.45, 2.75) is 0 Å². The lowest BCUT2D eigenvalue weighted by atomic mass is 9.96. The monoisotopic (exact) mass is 971 g/mol. The maximum absolute atomic E-state index is 7.25. The molecular weight excluding hydrogens is 923 g/mol. The van der Waals surface area contributed by atoms with E-state index in [4.69, 9.17) is 4.42 Å². The van der Waals surface area contributed by atoms with E-state index in [1.54, 1.807) is 0 Å². The number of rotatable bonds is 11. The Bertz CT molecular complexity index is 4350. The summed E-state index contributed by atoms with van der Waals surface area (Å²) < 4.78 is 9.71. The van der Waals surface area contributed by atoms with Gasteiger partial charge in [-0.05, 0) is 125 Å². The minimum Gasteiger partial charge on any atom is -0.455 e. The van der Waals surface area contributed by atoms with Gasteiger partial charge in [-0.25, -0.2) is 0 Å². The summed E-state index contributed by atoms with van der Waals surface area (Å²) in [5.74, 6) is 0.828. The second kappa shape index (κ2) is 19.0. The molecule has 0 saturated heterocycles. The Kier molecular flexibility index (Phi) is 11.2. The number of para-hydroxylation sites is 3. The Hall–Kier alpha value is -10.2. The van der Waals surface area contributed by atoms with E-state index in [0.717, 1.165) is 107 Å². The number of nitrogens with zero attached hydrogens (tertiary/aromatic N) is 3. The van der Waals surface area contributed by atoms with E-state index in [9.17, 15) is 0 Å². The molecular formula is C72H49N3O. The van der Waals surface area contributed by atoms with E-state index in [-0.39, 0.29) is 0 Å². The molecule has 2 heterocycles. The summed E-state index contributed by atoms with van der Waals surface area (Å²) in [6.07, 6.45) is 0. The largest absolute Gasteiger partial charge is 0.455 e. The summed E-state index contributed by atoms with van der Waals surface area (Å²) in [6.45, 7) is 0. The van der Waals surface area contributed by atoms with Crippen molar-refractivity contribution >= 4 is 77.5 Å². The van der Waals surface area contributed by atoms with Gasteiger partial charge in [0.1, 0.15) is 11.3 Å². The molecule has 0 aliphatic rings. The van der Waals surface area contributed by atoms with Gasteiger partial charge in [-0.2, -0.15) is 0 Å². The molecule has 358 valence electrons. The Balaban J connectivity index is 0.963. The fourth-order valence-corrected chi connectivity index (χ4v) is 11.3. The van der Waals surface area contributed by atoms with E-state index < -0.39 is 0 Å². The number of benzene rings is 12. The lowest BCUT2D eigenvalue weighted by molar-refractivity contribution is 0.633. The van der Waals surface area contributed by atoms with Gasteiger partial charge >= 0.3 is 0 Å². The molecule has 14 aromatic rings. The average Bonchev–Trinajstić information content (AvgIpc) is 4.17. The molecule has 0 saturated carbocycles. The van der Waals surface area contributed by atoms with Gasteiger partial charge in [0, 0.05) is 66.7 Å². The fourth-order valence-electron chi connectivity index (χ4n) is 11.3. The lowest BCUT2D eigenvalue weighted by Crippen LogP contribution is -2.10. The Labute approximate surface area is 441 Å². The first kappa shape index (κ1) is 44.5. The quantitative estimate of drug-likeness (QED) is 0.129. The van der Waals surface area contributed by atoms with Crippen molar-refractivity contribution < 1.29 is 4.42 Å². The van der Waals surface area contributed by atoms with Gasteiger partial charge < -0.3 is 18.8 Å². The lowest BCUT2D eigenvalue weighted by Gasteiger charge is -2.27. The van der Waals surface area contributed by atoms with Gasteiger partial charge in [0.05, 0.1) is 22.6 Å². The molecule has 0 bridgehead atoms. The van der Waals surface area contributed by atoms with Gasteiger partial charge in [-0.3, -0.25) is 0 Å². The van der Waals surface area contributed by atoms with E-state index >= 15 is 0 Å². The molecule has 0 unspecified atom stereocenters. The van der Waals surface area contributed by atoms with Crippen molar-refractivity contribution in [3.8, 4) is 50.5 Å². The second-order valence-electron chi connectivity index (χ2n) is 19.2. The number of anilines is 6. The maximum atomic E-state index is 7.25. The summed E-state index contributed by atoms with van der Waals surface area (Å²) in [5, 5.41) is 6.93. The molecule has 2 aromatic heterocycles. The third-order valence-electron chi connectivity index (χ3n) is 14.7. The Morgan fingerprint density at radius 1 is 0.289 bits per heavy atom. The average molecular weight is 972 g/mol. The summed E-state index contributed by atoms with van der Waals surface area (Å²) in [7, 11) is 0. The Morgan fingerprint density at radius 2 is 0.711 bits per heavy atom. The van der Waals surface area contributed by atoms with Crippen molar-refractivity contribution in [2.75, 3.05) is 9.80 Å². The summed E-state index contributed by atoms with van der Waals surface area (Å²) >= 11 is 0. The van der Waals surface area contributed by atoms with Crippen LogP contribution in [0.15, 0.2) is 302 Å². The first-order valence-electron chi connectivity index (χ1n) is 25.9. The van der Waals surface area contributed by atoms with Crippen LogP contribution in [0.5, 0.6) is 0 Å². The topological polar surface area (TPSA) is 24.6 Å². The van der Waals surface area contributed by atoms with Gasteiger partial charge in [0.2, 0.25) is 0 Å². The predicted octanol–water partition coefficient (Wildman–Crippen LogP) is 20.3. The Morgan fingerprint density at radius 3 is 1.24 bits per heavy atom. The second-order valence-corrected chi connectivity index (χ2v) is 19.2. The molecule has 14 rings (SSSR count). The van der Waals surface area contributed by atoms with Gasteiger partial charge in [-0.15, -0.1) is 0 Å². The first-order chi connectivity index (χ1) is 37.7. The third kappa shape index (κ3) is 7.79. The van der Waals surface area contributed by atoms with Gasteiger partial charge in [0.15, 0.2) is 0 Å². The number of aromatic nitrogens is 1. The maximum Gasteiger partial charge on any atom is 0.143 e. The normalized spacial score (nSPS) is 11.4. The zero-order chi connectivity index (χ0) is 50.4. The molecule has 0 aliphatic heterocycles. The highest BCUT2D eigenvalue weighted by atomic mass is 16.3. The number of hydrogen-bond donors (Lipinski definition) is 0. The van der Waals surface area contributed by atoms with Crippen LogP contribution in [0.4, 0.5) is 34.1 Å². The summed E-state index contributed by atoms with van der Waals surface area (Å²) in [5.41, 5.74) is 17.2. The molecule has 4 heteroatoms. The van der Waals surface area contributed by atoms with Gasteiger partial charge in [0.25, 0.3) is 0 Å². The minimum atomic E-state index is 0.824. The zero-order valence-corrected chi connectivity index (χ0v) is 41.5. The third-order valence-corrected chi connectivity index (χ3v) is 14.7. The van der Waals surface area contributed by atoms with Crippen LogP contribution in [-0.2, 0) is 0 Å². The van der Waals surface area contributed by atoms with Crippen molar-refractivity contribution in [3.05, 3.63) is 297 Å². The van der Waals surface area contributed by atoms with Gasteiger partial charge in [-0.1, -0.05) is 200 Å². The molecule has 4 nitrogen and oxygen atoms in total. The van der Waals surface area contributed by atoms with Crippen LogP contribution in [0.2, 0.25) is 0 Å². The smallest absolute Gasteiger partial charge is 0.143 e. The van der Waals surface area contributed by atoms with E-state index in [2.05, 4.69) is 312 Å². The van der Waals surface area contributed by atoms with Crippen molar-refractivity contribution in [3.63, 3.8) is 0 Å². The van der Waals surface area contributed by atoms with Crippen LogP contribution in [0, 0.1) is 0 Å². The summed E-state index contributed by atoms with van der Waals surface area (Å²) in [6, 6.07) is 106. The SMILES string of the molecule is c1ccc(-c2c(-c3ccc(N(c4ccccc4)c4cccc5ccccc45)cc3)oc3cc4c(-c5ccccc5)c(-c5ccc(N(c6ccccc6)c6cccc7ccccc67)cc5)n(-c5ccccc5)c4cc23)cc1. The molecule has 76 heavy (non-hydrogen) atoms. The number of furan rings is 1. The molecule has 12 aromatic carbocycles. The predicted molar refractivity (Wildman–Crippen MR) is 319 cm³/mol. The molecule has 0 radical (unpaired) electrons. The van der Waals surface area contributed by atoms with Crippen molar-refractivity contribution in [2.24, 2.45) is 0 Å². The van der Waals surface area contributed by atoms with Crippen LogP contribution in [0.25, 0.3) is 93.9 Å². The van der Waals surface area contributed by atoms with Crippen LogP contribution in [0.1, 0.15) is 0 Å². The van der Waals surface area contributed by atoms with E-state index in [1.807, 2.05) is 0 Å². The van der Waals surface area contributed by atoms with E-state index in [1.165, 1.54) is 21.5 Å². The minimum absolute atomic E-state index is 0.824. The molecule has 0 amide bonds. The van der Waals surface area contributed by atoms with Crippen molar-refractivity contribution in [1.82, 2.24) is 4.57 Å². The highest BCUT2D eigenvalue weighted by Crippen LogP contribution is 2.49. The first-order valence-corrected chi connectivity index (χ1v) is 25.9. The van der Waals surface area contributed by atoms with Crippen LogP contribution < -0.4 is 9.80 Å². The molecule has 0 fully saturated rings. The highest BCUT2D eigenvalue weighted by molar-refractivity contribution is 6.14. The van der Waals surface area contributed by atoms with Crippen molar-refractivity contribution in [1.29, 1.82) is 0 Å².